The van der Waals surface area contributed by atoms with Gasteiger partial charge in [0.25, 0.3) is 5.91 Å². The second-order valence-corrected chi connectivity index (χ2v) is 7.13. The lowest BCUT2D eigenvalue weighted by Crippen LogP contribution is -2.54. The van der Waals surface area contributed by atoms with E-state index in [4.69, 9.17) is 4.74 Å². The van der Waals surface area contributed by atoms with Crippen LogP contribution in [0.4, 0.5) is 13.6 Å². The predicted molar refractivity (Wildman–Crippen MR) is 96.9 cm³/mol. The molecule has 9 heteroatoms. The number of nitrogens with zero attached hydrogens (tertiary/aromatic N) is 1. The van der Waals surface area contributed by atoms with Crippen LogP contribution < -0.4 is 15.4 Å². The predicted octanol–water partition coefficient (Wildman–Crippen LogP) is 2.52. The van der Waals surface area contributed by atoms with Gasteiger partial charge in [0.05, 0.1) is 0 Å². The quantitative estimate of drug-likeness (QED) is 0.800. The number of hydrogen-bond donors (Lipinski definition) is 2. The monoisotopic (exact) mass is 397 g/mol. The maximum absolute atomic E-state index is 12.6. The molecule has 2 heterocycles. The number of benzene rings is 1. The zero-order chi connectivity index (χ0) is 20.3. The molecular formula is C19H25F2N3O4. The van der Waals surface area contributed by atoms with Crippen molar-refractivity contribution < 1.29 is 27.8 Å². The third-order valence-corrected chi connectivity index (χ3v) is 5.10. The number of carbonyl (C=O) groups excluding carboxylic acids is 2. The number of carbonyl (C=O) groups is 2. The fourth-order valence-electron chi connectivity index (χ4n) is 3.58. The minimum Gasteiger partial charge on any atom is -0.434 e. The Labute approximate surface area is 162 Å². The van der Waals surface area contributed by atoms with Crippen LogP contribution in [0.3, 0.4) is 0 Å². The zero-order valence-corrected chi connectivity index (χ0v) is 16.0. The molecule has 1 atom stereocenters. The van der Waals surface area contributed by atoms with Gasteiger partial charge in [0.2, 0.25) is 0 Å². The highest BCUT2D eigenvalue weighted by atomic mass is 19.3. The van der Waals surface area contributed by atoms with E-state index in [1.165, 1.54) is 6.07 Å². The van der Waals surface area contributed by atoms with Gasteiger partial charge in [-0.2, -0.15) is 8.78 Å². The molecule has 2 saturated heterocycles. The Bertz CT molecular complexity index is 736. The summed E-state index contributed by atoms with van der Waals surface area (Å²) in [6, 6.07) is 4.55. The Kier molecular flexibility index (Phi) is 6.02. The number of hydrogen-bond acceptors (Lipinski definition) is 4. The Balaban J connectivity index is 1.54. The van der Waals surface area contributed by atoms with Crippen molar-refractivity contribution in [3.8, 4) is 5.75 Å². The van der Waals surface area contributed by atoms with Crippen LogP contribution in [0.15, 0.2) is 18.2 Å². The van der Waals surface area contributed by atoms with Crippen molar-refractivity contribution in [2.75, 3.05) is 13.1 Å². The van der Waals surface area contributed by atoms with Gasteiger partial charge in [0.1, 0.15) is 17.6 Å². The van der Waals surface area contributed by atoms with Gasteiger partial charge in [-0.3, -0.25) is 4.79 Å². The average molecular weight is 397 g/mol. The number of alkyl halides is 2. The number of urea groups is 1. The summed E-state index contributed by atoms with van der Waals surface area (Å²) in [6.07, 6.45) is 1.19. The van der Waals surface area contributed by atoms with E-state index < -0.39 is 18.4 Å². The summed E-state index contributed by atoms with van der Waals surface area (Å²) in [6.45, 7) is 1.73. The molecule has 0 radical (unpaired) electrons. The van der Waals surface area contributed by atoms with Crippen LogP contribution in [-0.4, -0.2) is 48.4 Å². The largest absolute Gasteiger partial charge is 0.434 e. The van der Waals surface area contributed by atoms with E-state index in [2.05, 4.69) is 15.4 Å². The molecule has 0 saturated carbocycles. The van der Waals surface area contributed by atoms with Gasteiger partial charge in [0.15, 0.2) is 0 Å². The highest BCUT2D eigenvalue weighted by Crippen LogP contribution is 2.30. The average Bonchev–Trinajstić information content (AvgIpc) is 2.97. The first-order valence-corrected chi connectivity index (χ1v) is 9.39. The molecule has 2 aliphatic heterocycles. The molecule has 0 aromatic heterocycles. The van der Waals surface area contributed by atoms with Crippen LogP contribution in [0.5, 0.6) is 5.75 Å². The molecule has 0 bridgehead atoms. The number of likely N-dealkylation sites (tertiary alicyclic amines) is 1. The SMILES string of the molecule is CCC1OC2(CCN(C(=O)NCc3cc(C)ccc3OC(F)F)CC2)NC1=O. The van der Waals surface area contributed by atoms with E-state index in [0.717, 1.165) is 5.56 Å². The van der Waals surface area contributed by atoms with Gasteiger partial charge >= 0.3 is 12.6 Å². The fraction of sp³-hybridized carbons (Fsp3) is 0.579. The number of rotatable bonds is 5. The molecule has 1 aromatic rings. The summed E-state index contributed by atoms with van der Waals surface area (Å²) >= 11 is 0. The Hall–Kier alpha value is -2.42. The molecule has 1 unspecified atom stereocenters. The fourth-order valence-corrected chi connectivity index (χ4v) is 3.58. The van der Waals surface area contributed by atoms with Crippen molar-refractivity contribution in [1.82, 2.24) is 15.5 Å². The van der Waals surface area contributed by atoms with Gasteiger partial charge in [-0.05, 0) is 19.4 Å². The molecule has 0 aliphatic carbocycles. The second-order valence-electron chi connectivity index (χ2n) is 7.13. The van der Waals surface area contributed by atoms with Crippen molar-refractivity contribution in [3.05, 3.63) is 29.3 Å². The van der Waals surface area contributed by atoms with E-state index in [0.29, 0.717) is 37.9 Å². The first-order chi connectivity index (χ1) is 13.3. The van der Waals surface area contributed by atoms with E-state index in [1.807, 2.05) is 13.8 Å². The van der Waals surface area contributed by atoms with Gasteiger partial charge in [-0.1, -0.05) is 24.6 Å². The van der Waals surface area contributed by atoms with E-state index in [-0.39, 0.29) is 24.2 Å². The number of nitrogens with one attached hydrogen (secondary N) is 2. The highest BCUT2D eigenvalue weighted by molar-refractivity contribution is 5.83. The van der Waals surface area contributed by atoms with Gasteiger partial charge in [-0.25, -0.2) is 4.79 Å². The molecule has 2 N–H and O–H groups in total. The number of piperidine rings is 1. The first kappa shape index (κ1) is 20.3. The van der Waals surface area contributed by atoms with Crippen LogP contribution in [0.25, 0.3) is 0 Å². The molecule has 7 nitrogen and oxygen atoms in total. The normalized spacial score (nSPS) is 21.1. The lowest BCUT2D eigenvalue weighted by molar-refractivity contribution is -0.124. The van der Waals surface area contributed by atoms with Crippen LogP contribution in [0.1, 0.15) is 37.3 Å². The van der Waals surface area contributed by atoms with Crippen molar-refractivity contribution in [1.29, 1.82) is 0 Å². The Morgan fingerprint density at radius 3 is 2.75 bits per heavy atom. The summed E-state index contributed by atoms with van der Waals surface area (Å²) in [4.78, 5) is 26.0. The molecule has 1 spiro atoms. The summed E-state index contributed by atoms with van der Waals surface area (Å²) < 4.78 is 35.5. The van der Waals surface area contributed by atoms with Gasteiger partial charge in [-0.15, -0.1) is 0 Å². The molecule has 28 heavy (non-hydrogen) atoms. The smallest absolute Gasteiger partial charge is 0.387 e. The van der Waals surface area contributed by atoms with Crippen LogP contribution in [-0.2, 0) is 16.1 Å². The zero-order valence-electron chi connectivity index (χ0n) is 16.0. The van der Waals surface area contributed by atoms with Gasteiger partial charge < -0.3 is 25.0 Å². The maximum atomic E-state index is 12.6. The first-order valence-electron chi connectivity index (χ1n) is 9.39. The lowest BCUT2D eigenvalue weighted by Gasteiger charge is -2.38. The summed E-state index contributed by atoms with van der Waals surface area (Å²) in [5.41, 5.74) is 0.674. The van der Waals surface area contributed by atoms with E-state index >= 15 is 0 Å². The van der Waals surface area contributed by atoms with Crippen LogP contribution >= 0.6 is 0 Å². The van der Waals surface area contributed by atoms with Crippen LogP contribution in [0, 0.1) is 6.92 Å². The van der Waals surface area contributed by atoms with Crippen LogP contribution in [0.2, 0.25) is 0 Å². The van der Waals surface area contributed by atoms with Crippen molar-refractivity contribution in [2.24, 2.45) is 0 Å². The Morgan fingerprint density at radius 1 is 1.43 bits per heavy atom. The van der Waals surface area contributed by atoms with E-state index in [1.54, 1.807) is 17.0 Å². The second kappa shape index (κ2) is 8.30. The summed E-state index contributed by atoms with van der Waals surface area (Å²) in [7, 11) is 0. The molecule has 2 aliphatic rings. The highest BCUT2D eigenvalue weighted by Gasteiger charge is 2.46. The number of halogens is 2. The number of amides is 3. The number of aryl methyl sites for hydroxylation is 1. The maximum Gasteiger partial charge on any atom is 0.387 e. The molecular weight excluding hydrogens is 372 g/mol. The molecule has 1 aromatic carbocycles. The Morgan fingerprint density at radius 2 is 2.14 bits per heavy atom. The molecule has 3 rings (SSSR count). The van der Waals surface area contributed by atoms with Crippen molar-refractivity contribution in [2.45, 2.75) is 58.1 Å². The standard InChI is InChI=1S/C19H25F2N3O4/c1-3-14-16(25)23-19(28-14)6-8-24(9-7-19)18(26)22-11-13-10-12(2)4-5-15(13)27-17(20)21/h4-5,10,14,17H,3,6-9,11H2,1-2H3,(H,22,26)(H,23,25). The van der Waals surface area contributed by atoms with Gasteiger partial charge in [0, 0.05) is 38.0 Å². The van der Waals surface area contributed by atoms with E-state index in [9.17, 15) is 18.4 Å². The third-order valence-electron chi connectivity index (χ3n) is 5.10. The lowest BCUT2D eigenvalue weighted by atomic mass is 10.0. The van der Waals surface area contributed by atoms with Crippen molar-refractivity contribution >= 4 is 11.9 Å². The minimum absolute atomic E-state index is 0.0474. The molecule has 2 fully saturated rings. The molecule has 154 valence electrons. The molecule has 3 amide bonds. The minimum atomic E-state index is -2.93. The summed E-state index contributed by atoms with van der Waals surface area (Å²) in [5.74, 6) is -0.0578. The number of ether oxygens (including phenoxy) is 2. The van der Waals surface area contributed by atoms with Crippen molar-refractivity contribution in [3.63, 3.8) is 0 Å². The third kappa shape index (κ3) is 4.52. The summed E-state index contributed by atoms with van der Waals surface area (Å²) in [5, 5.41) is 5.66. The topological polar surface area (TPSA) is 79.9 Å².